The maximum atomic E-state index is 12.2. The number of nitrogens with zero attached hydrogens (tertiary/aromatic N) is 1. The van der Waals surface area contributed by atoms with Gasteiger partial charge in [0.1, 0.15) is 12.8 Å². The number of hydrogen-bond acceptors (Lipinski definition) is 3. The maximum Gasteiger partial charge on any atom is 0.338 e. The number of carbonyl (C=O) groups excluding carboxylic acids is 1. The van der Waals surface area contributed by atoms with Crippen LogP contribution in [0.4, 0.5) is 0 Å². The second-order valence-corrected chi connectivity index (χ2v) is 7.29. The van der Waals surface area contributed by atoms with Crippen LogP contribution in [0.5, 0.6) is 5.75 Å². The quantitative estimate of drug-likeness (QED) is 0.239. The third kappa shape index (κ3) is 3.21. The van der Waals surface area contributed by atoms with Gasteiger partial charge in [-0.05, 0) is 35.9 Å². The first kappa shape index (κ1) is 20.6. The van der Waals surface area contributed by atoms with E-state index in [1.54, 1.807) is 0 Å². The standard InChI is InChI=1S/C25H22NO3.HI/c1-3-28-25(27)17-11-12-22-21(15-17)24-20(13-14-29-24)23(26(22)2)19-10-6-8-16-7-4-5-9-18(16)19;/h4-12,15H,3,13-14H2,1-2H3;1H/q+1;/p-1. The molecule has 1 aliphatic heterocycles. The lowest BCUT2D eigenvalue weighted by Crippen LogP contribution is -3.00. The fourth-order valence-corrected chi connectivity index (χ4v) is 4.37. The molecule has 0 N–H and O–H groups in total. The van der Waals surface area contributed by atoms with Gasteiger partial charge in [-0.1, -0.05) is 36.4 Å². The smallest absolute Gasteiger partial charge is 0.338 e. The van der Waals surface area contributed by atoms with Crippen LogP contribution < -0.4 is 33.3 Å². The number of hydrogen-bond donors (Lipinski definition) is 0. The highest BCUT2D eigenvalue weighted by Crippen LogP contribution is 2.40. The Hall–Kier alpha value is -2.67. The van der Waals surface area contributed by atoms with E-state index in [1.807, 2.05) is 25.1 Å². The van der Waals surface area contributed by atoms with Crippen molar-refractivity contribution < 1.29 is 42.8 Å². The molecule has 0 fully saturated rings. The van der Waals surface area contributed by atoms with E-state index in [9.17, 15) is 4.79 Å². The lowest BCUT2D eigenvalue weighted by Gasteiger charge is -2.12. The van der Waals surface area contributed by atoms with E-state index in [0.29, 0.717) is 18.8 Å². The highest BCUT2D eigenvalue weighted by molar-refractivity contribution is 6.00. The Labute approximate surface area is 192 Å². The van der Waals surface area contributed by atoms with Crippen molar-refractivity contribution in [2.45, 2.75) is 13.3 Å². The maximum absolute atomic E-state index is 12.2. The monoisotopic (exact) mass is 511 g/mol. The summed E-state index contributed by atoms with van der Waals surface area (Å²) in [4.78, 5) is 12.2. The minimum absolute atomic E-state index is 0. The summed E-state index contributed by atoms with van der Waals surface area (Å²) in [6, 6.07) is 20.6. The summed E-state index contributed by atoms with van der Waals surface area (Å²) in [5.41, 5.74) is 5.14. The van der Waals surface area contributed by atoms with Gasteiger partial charge in [0.15, 0.2) is 0 Å². The van der Waals surface area contributed by atoms with Gasteiger partial charge in [0.05, 0.1) is 35.3 Å². The Bertz CT molecular complexity index is 1280. The highest BCUT2D eigenvalue weighted by atomic mass is 127. The normalized spacial score (nSPS) is 12.3. The molecule has 0 bridgehead atoms. The van der Waals surface area contributed by atoms with E-state index in [0.717, 1.165) is 23.1 Å². The van der Waals surface area contributed by atoms with Crippen molar-refractivity contribution in [2.24, 2.45) is 7.05 Å². The fraction of sp³-hybridized carbons (Fsp3) is 0.200. The average Bonchev–Trinajstić information content (AvgIpc) is 3.23. The molecule has 4 nitrogen and oxygen atoms in total. The predicted molar refractivity (Wildman–Crippen MR) is 113 cm³/mol. The molecule has 4 aromatic rings. The van der Waals surface area contributed by atoms with Gasteiger partial charge >= 0.3 is 5.97 Å². The van der Waals surface area contributed by atoms with Crippen LogP contribution in [0.3, 0.4) is 0 Å². The van der Waals surface area contributed by atoms with Crippen molar-refractivity contribution in [1.82, 2.24) is 0 Å². The minimum atomic E-state index is -0.304. The Balaban J connectivity index is 0.00000218. The molecule has 0 spiro atoms. The third-order valence-electron chi connectivity index (χ3n) is 5.65. The summed E-state index contributed by atoms with van der Waals surface area (Å²) >= 11 is 0. The van der Waals surface area contributed by atoms with E-state index in [-0.39, 0.29) is 29.9 Å². The zero-order chi connectivity index (χ0) is 20.0. The second-order valence-electron chi connectivity index (χ2n) is 7.29. The lowest BCUT2D eigenvalue weighted by molar-refractivity contribution is -0.633. The van der Waals surface area contributed by atoms with Gasteiger partial charge in [-0.2, -0.15) is 4.57 Å². The Kier molecular flexibility index (Phi) is 5.64. The molecule has 5 rings (SSSR count). The van der Waals surface area contributed by atoms with E-state index >= 15 is 0 Å². The number of pyridine rings is 1. The van der Waals surface area contributed by atoms with Crippen molar-refractivity contribution in [1.29, 1.82) is 0 Å². The van der Waals surface area contributed by atoms with E-state index < -0.39 is 0 Å². The Morgan fingerprint density at radius 2 is 1.87 bits per heavy atom. The van der Waals surface area contributed by atoms with Crippen LogP contribution in [-0.4, -0.2) is 19.2 Å². The molecule has 0 radical (unpaired) electrons. The molecule has 30 heavy (non-hydrogen) atoms. The summed E-state index contributed by atoms with van der Waals surface area (Å²) in [6.07, 6.45) is 0.849. The van der Waals surface area contributed by atoms with Crippen LogP contribution in [0.2, 0.25) is 0 Å². The molecule has 5 heteroatoms. The number of aryl methyl sites for hydroxylation is 1. The van der Waals surface area contributed by atoms with Gasteiger partial charge in [0.25, 0.3) is 0 Å². The number of ether oxygens (including phenoxy) is 2. The molecule has 0 unspecified atom stereocenters. The summed E-state index contributed by atoms with van der Waals surface area (Å²) in [6.45, 7) is 2.82. The summed E-state index contributed by atoms with van der Waals surface area (Å²) in [5, 5.41) is 3.40. The first-order valence-corrected chi connectivity index (χ1v) is 9.95. The molecular weight excluding hydrogens is 489 g/mol. The number of esters is 1. The number of rotatable bonds is 3. The van der Waals surface area contributed by atoms with Gasteiger partial charge in [0, 0.05) is 12.5 Å². The number of aromatic nitrogens is 1. The number of carbonyl (C=O) groups is 1. The molecule has 0 aliphatic carbocycles. The number of benzene rings is 3. The first-order chi connectivity index (χ1) is 14.2. The van der Waals surface area contributed by atoms with Crippen LogP contribution in [-0.2, 0) is 18.2 Å². The van der Waals surface area contributed by atoms with Gasteiger partial charge in [-0.25, -0.2) is 4.79 Å². The van der Waals surface area contributed by atoms with Crippen molar-refractivity contribution in [3.8, 4) is 17.0 Å². The predicted octanol–water partition coefficient (Wildman–Crippen LogP) is 1.60. The number of halogens is 1. The highest BCUT2D eigenvalue weighted by Gasteiger charge is 2.31. The summed E-state index contributed by atoms with van der Waals surface area (Å²) in [7, 11) is 2.09. The molecule has 0 atom stereocenters. The molecule has 2 heterocycles. The Morgan fingerprint density at radius 3 is 2.70 bits per heavy atom. The van der Waals surface area contributed by atoms with Gasteiger partial charge in [-0.3, -0.25) is 0 Å². The molecule has 1 aromatic heterocycles. The topological polar surface area (TPSA) is 39.4 Å². The van der Waals surface area contributed by atoms with Gasteiger partial charge in [-0.15, -0.1) is 0 Å². The van der Waals surface area contributed by atoms with Crippen LogP contribution in [0.1, 0.15) is 22.8 Å². The van der Waals surface area contributed by atoms with Crippen LogP contribution in [0, 0.1) is 0 Å². The minimum Gasteiger partial charge on any atom is -1.00 e. The fourth-order valence-electron chi connectivity index (χ4n) is 4.37. The largest absolute Gasteiger partial charge is 1.00 e. The SMILES string of the molecule is CCOC(=O)c1ccc2c(c1)c1c(c(-c3cccc4ccccc34)[n+]2C)CCO1.[I-]. The van der Waals surface area contributed by atoms with Crippen molar-refractivity contribution in [3.05, 3.63) is 71.8 Å². The molecule has 0 saturated carbocycles. The molecule has 0 saturated heterocycles. The lowest BCUT2D eigenvalue weighted by atomic mass is 9.95. The van der Waals surface area contributed by atoms with Crippen LogP contribution in [0.15, 0.2) is 60.7 Å². The van der Waals surface area contributed by atoms with E-state index in [1.165, 1.54) is 27.6 Å². The zero-order valence-electron chi connectivity index (χ0n) is 16.9. The zero-order valence-corrected chi connectivity index (χ0v) is 19.1. The molecule has 152 valence electrons. The third-order valence-corrected chi connectivity index (χ3v) is 5.65. The molecule has 3 aromatic carbocycles. The van der Waals surface area contributed by atoms with Crippen LogP contribution in [0.25, 0.3) is 32.9 Å². The van der Waals surface area contributed by atoms with Crippen molar-refractivity contribution >= 4 is 27.6 Å². The van der Waals surface area contributed by atoms with Crippen molar-refractivity contribution in [2.75, 3.05) is 13.2 Å². The van der Waals surface area contributed by atoms with Crippen LogP contribution >= 0.6 is 0 Å². The van der Waals surface area contributed by atoms with Gasteiger partial charge < -0.3 is 33.5 Å². The van der Waals surface area contributed by atoms with Crippen molar-refractivity contribution in [3.63, 3.8) is 0 Å². The summed E-state index contributed by atoms with van der Waals surface area (Å²) in [5.74, 6) is 0.578. The van der Waals surface area contributed by atoms with E-state index in [4.69, 9.17) is 9.47 Å². The van der Waals surface area contributed by atoms with Gasteiger partial charge in [0.2, 0.25) is 11.2 Å². The Morgan fingerprint density at radius 1 is 1.07 bits per heavy atom. The molecule has 0 amide bonds. The molecule has 1 aliphatic rings. The average molecular weight is 511 g/mol. The van der Waals surface area contributed by atoms with E-state index in [2.05, 4.69) is 54.1 Å². The number of fused-ring (bicyclic) bond motifs is 4. The second kappa shape index (κ2) is 8.22. The first-order valence-electron chi connectivity index (χ1n) is 9.95. The molecular formula is C25H22INO3. The summed E-state index contributed by atoms with van der Waals surface area (Å²) < 4.78 is 13.5.